The molecule has 1 heterocycles. The number of fused-ring (bicyclic) bond motifs is 2. The highest BCUT2D eigenvalue weighted by Crippen LogP contribution is 2.25. The molecule has 3 aromatic carbocycles. The zero-order valence-electron chi connectivity index (χ0n) is 12.6. The van der Waals surface area contributed by atoms with E-state index >= 15 is 0 Å². The standard InChI is InChI=1S/C19H14N2OS/c1-23-19-20-16-11-5-4-10-15(16)18(22)21(19)17-12-6-8-13-7-2-3-9-14(13)17/h2-12H,1H3. The zero-order valence-corrected chi connectivity index (χ0v) is 13.4. The van der Waals surface area contributed by atoms with Crippen LogP contribution in [0.4, 0.5) is 0 Å². The average Bonchev–Trinajstić information content (AvgIpc) is 2.61. The molecule has 0 bridgehead atoms. The summed E-state index contributed by atoms with van der Waals surface area (Å²) in [4.78, 5) is 17.7. The van der Waals surface area contributed by atoms with Crippen molar-refractivity contribution < 1.29 is 0 Å². The smallest absolute Gasteiger partial charge is 0.266 e. The number of benzene rings is 3. The lowest BCUT2D eigenvalue weighted by molar-refractivity contribution is 0.827. The van der Waals surface area contributed by atoms with Gasteiger partial charge in [0.1, 0.15) is 0 Å². The molecular weight excluding hydrogens is 304 g/mol. The summed E-state index contributed by atoms with van der Waals surface area (Å²) in [7, 11) is 0. The fraction of sp³-hybridized carbons (Fsp3) is 0.0526. The average molecular weight is 318 g/mol. The van der Waals surface area contributed by atoms with Crippen molar-refractivity contribution in [2.45, 2.75) is 5.16 Å². The van der Waals surface area contributed by atoms with E-state index in [0.29, 0.717) is 10.5 Å². The van der Waals surface area contributed by atoms with Crippen LogP contribution < -0.4 is 5.56 Å². The van der Waals surface area contributed by atoms with Gasteiger partial charge < -0.3 is 0 Å². The van der Waals surface area contributed by atoms with Crippen LogP contribution in [0.3, 0.4) is 0 Å². The van der Waals surface area contributed by atoms with Crippen molar-refractivity contribution in [1.82, 2.24) is 9.55 Å². The molecule has 0 N–H and O–H groups in total. The molecule has 0 amide bonds. The maximum atomic E-state index is 13.1. The van der Waals surface area contributed by atoms with E-state index < -0.39 is 0 Å². The first kappa shape index (κ1) is 14.0. The van der Waals surface area contributed by atoms with Gasteiger partial charge in [-0.15, -0.1) is 0 Å². The molecule has 112 valence electrons. The highest BCUT2D eigenvalue weighted by atomic mass is 32.2. The van der Waals surface area contributed by atoms with Gasteiger partial charge in [0.2, 0.25) is 0 Å². The Labute approximate surface area is 137 Å². The van der Waals surface area contributed by atoms with E-state index in [9.17, 15) is 4.79 Å². The fourth-order valence-corrected chi connectivity index (χ4v) is 3.42. The molecular formula is C19H14N2OS. The Morgan fingerprint density at radius 1 is 0.870 bits per heavy atom. The molecule has 0 fully saturated rings. The van der Waals surface area contributed by atoms with Crippen molar-refractivity contribution in [3.05, 3.63) is 77.1 Å². The minimum absolute atomic E-state index is 0.0312. The van der Waals surface area contributed by atoms with Crippen molar-refractivity contribution in [3.63, 3.8) is 0 Å². The van der Waals surface area contributed by atoms with E-state index in [-0.39, 0.29) is 5.56 Å². The molecule has 4 aromatic rings. The monoisotopic (exact) mass is 318 g/mol. The quantitative estimate of drug-likeness (QED) is 0.409. The van der Waals surface area contributed by atoms with E-state index in [0.717, 1.165) is 22.0 Å². The molecule has 4 heteroatoms. The van der Waals surface area contributed by atoms with Gasteiger partial charge in [-0.1, -0.05) is 60.3 Å². The molecule has 1 aromatic heterocycles. The lowest BCUT2D eigenvalue weighted by Gasteiger charge is -2.14. The Kier molecular flexibility index (Phi) is 3.39. The van der Waals surface area contributed by atoms with Crippen LogP contribution in [0, 0.1) is 0 Å². The van der Waals surface area contributed by atoms with Gasteiger partial charge in [0.25, 0.3) is 5.56 Å². The van der Waals surface area contributed by atoms with Gasteiger partial charge in [-0.3, -0.25) is 9.36 Å². The van der Waals surface area contributed by atoms with E-state index in [2.05, 4.69) is 17.1 Å². The Balaban J connectivity index is 2.16. The van der Waals surface area contributed by atoms with Crippen LogP contribution in [0.2, 0.25) is 0 Å². The number of hydrogen-bond acceptors (Lipinski definition) is 3. The van der Waals surface area contributed by atoms with Crippen molar-refractivity contribution in [1.29, 1.82) is 0 Å². The van der Waals surface area contributed by atoms with Crippen LogP contribution >= 0.6 is 11.8 Å². The molecule has 3 nitrogen and oxygen atoms in total. The first-order chi connectivity index (χ1) is 11.3. The van der Waals surface area contributed by atoms with E-state index in [1.165, 1.54) is 11.8 Å². The second kappa shape index (κ2) is 5.56. The van der Waals surface area contributed by atoms with Gasteiger partial charge in [0.15, 0.2) is 5.16 Å². The lowest BCUT2D eigenvalue weighted by Crippen LogP contribution is -2.21. The number of rotatable bonds is 2. The van der Waals surface area contributed by atoms with Crippen molar-refractivity contribution in [2.75, 3.05) is 6.26 Å². The highest BCUT2D eigenvalue weighted by Gasteiger charge is 2.13. The Hall–Kier alpha value is -2.59. The molecule has 0 saturated carbocycles. The predicted octanol–water partition coefficient (Wildman–Crippen LogP) is 4.26. The first-order valence-electron chi connectivity index (χ1n) is 7.33. The summed E-state index contributed by atoms with van der Waals surface area (Å²) in [6.07, 6.45) is 1.94. The van der Waals surface area contributed by atoms with Gasteiger partial charge in [0.05, 0.1) is 16.6 Å². The SMILES string of the molecule is CSc1nc2ccccc2c(=O)n1-c1cccc2ccccc12. The molecule has 0 radical (unpaired) electrons. The topological polar surface area (TPSA) is 34.9 Å². The number of para-hydroxylation sites is 1. The number of hydrogen-bond donors (Lipinski definition) is 0. The molecule has 0 unspecified atom stereocenters. The van der Waals surface area contributed by atoms with Crippen LogP contribution in [0.15, 0.2) is 76.7 Å². The Bertz CT molecular complexity index is 1080. The summed E-state index contributed by atoms with van der Waals surface area (Å²) in [6, 6.07) is 21.6. The van der Waals surface area contributed by atoms with Crippen LogP contribution in [0.25, 0.3) is 27.4 Å². The largest absolute Gasteiger partial charge is 0.268 e. The molecule has 0 aliphatic rings. The summed E-state index contributed by atoms with van der Waals surface area (Å²) in [5.74, 6) is 0. The summed E-state index contributed by atoms with van der Waals surface area (Å²) in [6.45, 7) is 0. The van der Waals surface area contributed by atoms with E-state index in [1.54, 1.807) is 4.57 Å². The molecule has 0 atom stereocenters. The highest BCUT2D eigenvalue weighted by molar-refractivity contribution is 7.98. The van der Waals surface area contributed by atoms with Gasteiger partial charge in [-0.2, -0.15) is 0 Å². The van der Waals surface area contributed by atoms with E-state index in [1.807, 2.05) is 60.9 Å². The summed E-state index contributed by atoms with van der Waals surface area (Å²) < 4.78 is 1.72. The molecule has 23 heavy (non-hydrogen) atoms. The van der Waals surface area contributed by atoms with Gasteiger partial charge in [-0.25, -0.2) is 4.98 Å². The number of thioether (sulfide) groups is 1. The van der Waals surface area contributed by atoms with Crippen molar-refractivity contribution >= 4 is 33.4 Å². The first-order valence-corrected chi connectivity index (χ1v) is 8.56. The number of aromatic nitrogens is 2. The van der Waals surface area contributed by atoms with Crippen LogP contribution in [-0.4, -0.2) is 15.8 Å². The van der Waals surface area contributed by atoms with Gasteiger partial charge in [-0.05, 0) is 29.8 Å². The Morgan fingerprint density at radius 3 is 2.39 bits per heavy atom. The summed E-state index contributed by atoms with van der Waals surface area (Å²) in [5, 5.41) is 3.49. The third-order valence-corrected chi connectivity index (χ3v) is 4.57. The molecule has 0 aliphatic heterocycles. The normalized spacial score (nSPS) is 11.2. The molecule has 0 saturated heterocycles. The second-order valence-electron chi connectivity index (χ2n) is 5.25. The maximum absolute atomic E-state index is 13.1. The Morgan fingerprint density at radius 2 is 1.57 bits per heavy atom. The third-order valence-electron chi connectivity index (χ3n) is 3.94. The van der Waals surface area contributed by atoms with Crippen LogP contribution in [0.1, 0.15) is 0 Å². The molecule has 4 rings (SSSR count). The molecule has 0 spiro atoms. The van der Waals surface area contributed by atoms with Gasteiger partial charge >= 0.3 is 0 Å². The summed E-state index contributed by atoms with van der Waals surface area (Å²) >= 11 is 1.48. The minimum Gasteiger partial charge on any atom is -0.268 e. The molecule has 0 aliphatic carbocycles. The minimum atomic E-state index is -0.0312. The van der Waals surface area contributed by atoms with Crippen LogP contribution in [-0.2, 0) is 0 Å². The second-order valence-corrected chi connectivity index (χ2v) is 6.03. The van der Waals surface area contributed by atoms with Crippen molar-refractivity contribution in [3.8, 4) is 5.69 Å². The fourth-order valence-electron chi connectivity index (χ4n) is 2.87. The third kappa shape index (κ3) is 2.23. The maximum Gasteiger partial charge on any atom is 0.266 e. The number of nitrogens with zero attached hydrogens (tertiary/aromatic N) is 2. The lowest BCUT2D eigenvalue weighted by atomic mass is 10.1. The predicted molar refractivity (Wildman–Crippen MR) is 96.6 cm³/mol. The van der Waals surface area contributed by atoms with E-state index in [4.69, 9.17) is 0 Å². The van der Waals surface area contributed by atoms with Gasteiger partial charge in [0, 0.05) is 5.39 Å². The summed E-state index contributed by atoms with van der Waals surface area (Å²) in [5.41, 5.74) is 1.57. The van der Waals surface area contributed by atoms with Crippen LogP contribution in [0.5, 0.6) is 0 Å². The zero-order chi connectivity index (χ0) is 15.8. The van der Waals surface area contributed by atoms with Crippen molar-refractivity contribution in [2.24, 2.45) is 0 Å².